The third-order valence-corrected chi connectivity index (χ3v) is 4.36. The quantitative estimate of drug-likeness (QED) is 0.897. The van der Waals surface area contributed by atoms with E-state index in [9.17, 15) is 4.39 Å². The van der Waals surface area contributed by atoms with Crippen LogP contribution in [0.1, 0.15) is 36.4 Å². The molecule has 1 aliphatic carbocycles. The van der Waals surface area contributed by atoms with E-state index in [1.807, 2.05) is 19.1 Å². The Balaban J connectivity index is 1.83. The van der Waals surface area contributed by atoms with Crippen molar-refractivity contribution in [2.75, 3.05) is 26.2 Å². The summed E-state index contributed by atoms with van der Waals surface area (Å²) in [5, 5.41) is 3.38. The lowest BCUT2D eigenvalue weighted by molar-refractivity contribution is 0.157. The Labute approximate surface area is 115 Å². The third-order valence-electron chi connectivity index (χ3n) is 4.36. The number of aryl methyl sites for hydroxylation is 1. The average molecular weight is 262 g/mol. The van der Waals surface area contributed by atoms with E-state index in [1.54, 1.807) is 6.07 Å². The molecule has 0 bridgehead atoms. The molecule has 3 rings (SSSR count). The fraction of sp³-hybridized carbons (Fsp3) is 0.625. The fourth-order valence-corrected chi connectivity index (χ4v) is 3.04. The molecule has 1 aromatic carbocycles. The standard InChI is InChI=1S/C16H23FN2/c1-12-2-5-14(15(17)10-12)16(11-13-3-4-13)19-8-6-18-7-9-19/h2,5,10,13,16,18H,3-4,6-9,11H2,1H3/t16-/m0/s1. The first-order valence-electron chi connectivity index (χ1n) is 7.45. The molecule has 2 fully saturated rings. The van der Waals surface area contributed by atoms with Gasteiger partial charge in [0.1, 0.15) is 5.82 Å². The Morgan fingerprint density at radius 3 is 2.68 bits per heavy atom. The third kappa shape index (κ3) is 3.15. The Bertz CT molecular complexity index is 436. The first-order chi connectivity index (χ1) is 9.24. The van der Waals surface area contributed by atoms with Crippen molar-refractivity contribution < 1.29 is 4.39 Å². The number of hydrogen-bond donors (Lipinski definition) is 1. The van der Waals surface area contributed by atoms with Crippen molar-refractivity contribution in [3.05, 3.63) is 35.1 Å². The maximum atomic E-state index is 14.3. The van der Waals surface area contributed by atoms with E-state index in [0.29, 0.717) is 0 Å². The minimum atomic E-state index is -0.0239. The predicted octanol–water partition coefficient (Wildman–Crippen LogP) is 2.88. The van der Waals surface area contributed by atoms with E-state index in [4.69, 9.17) is 0 Å². The zero-order valence-electron chi connectivity index (χ0n) is 11.7. The minimum absolute atomic E-state index is 0.0239. The molecule has 2 nitrogen and oxygen atoms in total. The second-order valence-corrected chi connectivity index (χ2v) is 6.01. The normalized spacial score (nSPS) is 22.4. The van der Waals surface area contributed by atoms with Gasteiger partial charge in [-0.25, -0.2) is 4.39 Å². The van der Waals surface area contributed by atoms with Crippen LogP contribution in [0.5, 0.6) is 0 Å². The van der Waals surface area contributed by atoms with E-state index in [0.717, 1.165) is 49.6 Å². The molecule has 0 spiro atoms. The van der Waals surface area contributed by atoms with Crippen LogP contribution in [-0.4, -0.2) is 31.1 Å². The number of hydrogen-bond acceptors (Lipinski definition) is 2. The fourth-order valence-electron chi connectivity index (χ4n) is 3.04. The summed E-state index contributed by atoms with van der Waals surface area (Å²) < 4.78 is 14.3. The lowest BCUT2D eigenvalue weighted by Gasteiger charge is -2.35. The van der Waals surface area contributed by atoms with Gasteiger partial charge in [0.2, 0.25) is 0 Å². The minimum Gasteiger partial charge on any atom is -0.314 e. The van der Waals surface area contributed by atoms with Gasteiger partial charge in [0.05, 0.1) is 0 Å². The van der Waals surface area contributed by atoms with Crippen LogP contribution in [0.25, 0.3) is 0 Å². The lowest BCUT2D eigenvalue weighted by Crippen LogP contribution is -2.45. The molecule has 1 aromatic rings. The highest BCUT2D eigenvalue weighted by Crippen LogP contribution is 2.40. The van der Waals surface area contributed by atoms with Crippen LogP contribution in [0.3, 0.4) is 0 Å². The molecule has 1 saturated carbocycles. The maximum Gasteiger partial charge on any atom is 0.128 e. The van der Waals surface area contributed by atoms with Crippen molar-refractivity contribution in [1.29, 1.82) is 0 Å². The highest BCUT2D eigenvalue weighted by atomic mass is 19.1. The van der Waals surface area contributed by atoms with Crippen LogP contribution < -0.4 is 5.32 Å². The molecule has 0 amide bonds. The maximum absolute atomic E-state index is 14.3. The number of rotatable bonds is 4. The second-order valence-electron chi connectivity index (χ2n) is 6.01. The second kappa shape index (κ2) is 5.59. The molecule has 0 aromatic heterocycles. The summed E-state index contributed by atoms with van der Waals surface area (Å²) in [7, 11) is 0. The van der Waals surface area contributed by atoms with Crippen LogP contribution in [0, 0.1) is 18.7 Å². The first-order valence-corrected chi connectivity index (χ1v) is 7.45. The summed E-state index contributed by atoms with van der Waals surface area (Å²) in [6.07, 6.45) is 3.78. The van der Waals surface area contributed by atoms with Gasteiger partial charge in [0.25, 0.3) is 0 Å². The molecule has 0 unspecified atom stereocenters. The van der Waals surface area contributed by atoms with Crippen molar-refractivity contribution in [1.82, 2.24) is 10.2 Å². The molecular weight excluding hydrogens is 239 g/mol. The number of nitrogens with one attached hydrogen (secondary N) is 1. The van der Waals surface area contributed by atoms with Gasteiger partial charge in [-0.15, -0.1) is 0 Å². The summed E-state index contributed by atoms with van der Waals surface area (Å²) in [5.41, 5.74) is 1.91. The predicted molar refractivity (Wildman–Crippen MR) is 75.7 cm³/mol. The molecular formula is C16H23FN2. The van der Waals surface area contributed by atoms with E-state index in [-0.39, 0.29) is 11.9 Å². The largest absolute Gasteiger partial charge is 0.314 e. The molecule has 0 radical (unpaired) electrons. The number of halogens is 1. The number of benzene rings is 1. The van der Waals surface area contributed by atoms with Crippen molar-refractivity contribution in [3.8, 4) is 0 Å². The summed E-state index contributed by atoms with van der Waals surface area (Å²) in [5.74, 6) is 0.796. The topological polar surface area (TPSA) is 15.3 Å². The summed E-state index contributed by atoms with van der Waals surface area (Å²) >= 11 is 0. The van der Waals surface area contributed by atoms with Gasteiger partial charge < -0.3 is 5.32 Å². The molecule has 2 aliphatic rings. The summed E-state index contributed by atoms with van der Waals surface area (Å²) in [6, 6.07) is 5.99. The van der Waals surface area contributed by atoms with Crippen molar-refractivity contribution in [2.45, 2.75) is 32.2 Å². The Hall–Kier alpha value is -0.930. The van der Waals surface area contributed by atoms with Crippen LogP contribution in [-0.2, 0) is 0 Å². The van der Waals surface area contributed by atoms with Crippen LogP contribution in [0.2, 0.25) is 0 Å². The molecule has 1 heterocycles. The van der Waals surface area contributed by atoms with Crippen molar-refractivity contribution in [2.24, 2.45) is 5.92 Å². The number of nitrogens with zero attached hydrogens (tertiary/aromatic N) is 1. The SMILES string of the molecule is Cc1ccc([C@H](CC2CC2)N2CCNCC2)c(F)c1. The highest BCUT2D eigenvalue weighted by molar-refractivity contribution is 5.26. The van der Waals surface area contributed by atoms with Crippen LogP contribution >= 0.6 is 0 Å². The molecule has 1 N–H and O–H groups in total. The first kappa shape index (κ1) is 13.1. The zero-order chi connectivity index (χ0) is 13.2. The highest BCUT2D eigenvalue weighted by Gasteiger charge is 2.31. The Morgan fingerprint density at radius 1 is 1.32 bits per heavy atom. The van der Waals surface area contributed by atoms with Crippen LogP contribution in [0.4, 0.5) is 4.39 Å². The van der Waals surface area contributed by atoms with Crippen LogP contribution in [0.15, 0.2) is 18.2 Å². The Morgan fingerprint density at radius 2 is 2.05 bits per heavy atom. The molecule has 3 heteroatoms. The Kier molecular flexibility index (Phi) is 3.85. The monoisotopic (exact) mass is 262 g/mol. The zero-order valence-corrected chi connectivity index (χ0v) is 11.7. The van der Waals surface area contributed by atoms with E-state index < -0.39 is 0 Å². The van der Waals surface area contributed by atoms with Gasteiger partial charge in [-0.05, 0) is 30.9 Å². The van der Waals surface area contributed by atoms with E-state index >= 15 is 0 Å². The van der Waals surface area contributed by atoms with Crippen molar-refractivity contribution in [3.63, 3.8) is 0 Å². The molecule has 1 saturated heterocycles. The van der Waals surface area contributed by atoms with E-state index in [1.165, 1.54) is 12.8 Å². The molecule has 1 aliphatic heterocycles. The van der Waals surface area contributed by atoms with Gasteiger partial charge in [0.15, 0.2) is 0 Å². The lowest BCUT2D eigenvalue weighted by atomic mass is 9.97. The molecule has 19 heavy (non-hydrogen) atoms. The summed E-state index contributed by atoms with van der Waals surface area (Å²) in [6.45, 7) is 6.06. The summed E-state index contributed by atoms with van der Waals surface area (Å²) in [4.78, 5) is 2.46. The van der Waals surface area contributed by atoms with Gasteiger partial charge in [0, 0.05) is 37.8 Å². The van der Waals surface area contributed by atoms with Crippen molar-refractivity contribution >= 4 is 0 Å². The van der Waals surface area contributed by atoms with Gasteiger partial charge in [-0.2, -0.15) is 0 Å². The van der Waals surface area contributed by atoms with Gasteiger partial charge in [-0.1, -0.05) is 25.0 Å². The van der Waals surface area contributed by atoms with Gasteiger partial charge in [-0.3, -0.25) is 4.90 Å². The van der Waals surface area contributed by atoms with Gasteiger partial charge >= 0.3 is 0 Å². The van der Waals surface area contributed by atoms with E-state index in [2.05, 4.69) is 10.2 Å². The molecule has 104 valence electrons. The molecule has 1 atom stereocenters. The smallest absolute Gasteiger partial charge is 0.128 e. The average Bonchev–Trinajstić information content (AvgIpc) is 3.22. The number of piperazine rings is 1.